The maximum atomic E-state index is 12.5. The predicted molar refractivity (Wildman–Crippen MR) is 88.3 cm³/mol. The van der Waals surface area contributed by atoms with Crippen molar-refractivity contribution in [2.24, 2.45) is 0 Å². The molecular weight excluding hydrogens is 314 g/mol. The Balaban J connectivity index is 1.92. The molecule has 0 saturated heterocycles. The number of hydrogen-bond acceptors (Lipinski definition) is 3. The molecule has 1 aromatic carbocycles. The molecule has 0 saturated carbocycles. The first-order chi connectivity index (χ1) is 10.9. The number of carbonyl (C=O) groups excluding carboxylic acids is 1. The van der Waals surface area contributed by atoms with Crippen molar-refractivity contribution < 1.29 is 18.1 Å². The minimum atomic E-state index is -3.50. The molecule has 0 bridgehead atoms. The first-order valence-electron chi connectivity index (χ1n) is 8.13. The highest BCUT2D eigenvalue weighted by atomic mass is 32.2. The van der Waals surface area contributed by atoms with E-state index in [0.717, 1.165) is 42.7 Å². The lowest BCUT2D eigenvalue weighted by atomic mass is 9.92. The van der Waals surface area contributed by atoms with Crippen LogP contribution in [0.1, 0.15) is 24.0 Å². The number of amides is 1. The highest BCUT2D eigenvalue weighted by Gasteiger charge is 2.31. The molecule has 1 aromatic rings. The van der Waals surface area contributed by atoms with Crippen LogP contribution >= 0.6 is 0 Å². The lowest BCUT2D eigenvalue weighted by molar-refractivity contribution is -0.856. The van der Waals surface area contributed by atoms with Gasteiger partial charge in [0.15, 0.2) is 0 Å². The van der Waals surface area contributed by atoms with Crippen LogP contribution in [0.5, 0.6) is 0 Å². The van der Waals surface area contributed by atoms with Gasteiger partial charge in [0.25, 0.3) is 0 Å². The number of rotatable bonds is 5. The zero-order valence-electron chi connectivity index (χ0n) is 13.7. The Labute approximate surface area is 137 Å². The van der Waals surface area contributed by atoms with Crippen LogP contribution in [0.2, 0.25) is 0 Å². The molecule has 0 radical (unpaired) electrons. The number of nitrogens with zero attached hydrogens (tertiary/aromatic N) is 1. The van der Waals surface area contributed by atoms with E-state index in [1.165, 1.54) is 4.90 Å². The number of benzene rings is 1. The van der Waals surface area contributed by atoms with Gasteiger partial charge >= 0.3 is 0 Å². The Morgan fingerprint density at radius 2 is 1.87 bits per heavy atom. The molecule has 0 spiro atoms. The first kappa shape index (κ1) is 16.4. The summed E-state index contributed by atoms with van der Waals surface area (Å²) in [6, 6.07) is 3.49. The summed E-state index contributed by atoms with van der Waals surface area (Å²) < 4.78 is 27.7. The Hall–Kier alpha value is -1.44. The van der Waals surface area contributed by atoms with Crippen LogP contribution in [0.4, 0.5) is 5.69 Å². The third-order valence-electron chi connectivity index (χ3n) is 4.48. The molecule has 126 valence electrons. The quantitative estimate of drug-likeness (QED) is 0.748. The Morgan fingerprint density at radius 1 is 1.17 bits per heavy atom. The molecule has 0 atom stereocenters. The van der Waals surface area contributed by atoms with Gasteiger partial charge in [-0.3, -0.25) is 4.79 Å². The molecule has 6 nitrogen and oxygen atoms in total. The van der Waals surface area contributed by atoms with Crippen LogP contribution < -0.4 is 14.5 Å². The molecule has 7 heteroatoms. The molecule has 0 unspecified atom stereocenters. The highest BCUT2D eigenvalue weighted by molar-refractivity contribution is 7.89. The van der Waals surface area contributed by atoms with Crippen LogP contribution in [0.15, 0.2) is 17.0 Å². The fraction of sp³-hybridized carbons (Fsp3) is 0.562. The molecule has 2 aliphatic heterocycles. The number of carbonyl (C=O) groups is 1. The van der Waals surface area contributed by atoms with Crippen LogP contribution in [-0.4, -0.2) is 48.1 Å². The Bertz CT molecular complexity index is 711. The lowest BCUT2D eigenvalue weighted by Gasteiger charge is -2.35. The van der Waals surface area contributed by atoms with Gasteiger partial charge in [0.1, 0.15) is 0 Å². The van der Waals surface area contributed by atoms with Gasteiger partial charge in [-0.05, 0) is 42.5 Å². The highest BCUT2D eigenvalue weighted by Crippen LogP contribution is 2.37. The molecule has 2 N–H and O–H groups in total. The number of hydrogen-bond donors (Lipinski definition) is 2. The second-order valence-corrected chi connectivity index (χ2v) is 8.36. The van der Waals surface area contributed by atoms with Crippen molar-refractivity contribution >= 4 is 21.6 Å². The third-order valence-corrected chi connectivity index (χ3v) is 5.92. The van der Waals surface area contributed by atoms with E-state index < -0.39 is 10.0 Å². The molecule has 23 heavy (non-hydrogen) atoms. The molecule has 2 heterocycles. The van der Waals surface area contributed by atoms with Crippen molar-refractivity contribution in [2.45, 2.75) is 30.6 Å². The van der Waals surface area contributed by atoms with Gasteiger partial charge in [-0.15, -0.1) is 0 Å². The molecule has 2 aliphatic rings. The minimum Gasteiger partial charge on any atom is -0.339 e. The molecule has 0 fully saturated rings. The van der Waals surface area contributed by atoms with Crippen LogP contribution in [0.25, 0.3) is 0 Å². The van der Waals surface area contributed by atoms with E-state index in [1.54, 1.807) is 12.1 Å². The Kier molecular flexibility index (Phi) is 4.44. The summed E-state index contributed by atoms with van der Waals surface area (Å²) in [5.41, 5.74) is 2.94. The average Bonchev–Trinajstić information content (AvgIpc) is 2.50. The fourth-order valence-electron chi connectivity index (χ4n) is 3.30. The van der Waals surface area contributed by atoms with Gasteiger partial charge in [0.2, 0.25) is 15.9 Å². The number of nitrogens with one attached hydrogen (secondary N) is 2. The Morgan fingerprint density at radius 3 is 2.57 bits per heavy atom. The second kappa shape index (κ2) is 6.22. The van der Waals surface area contributed by atoms with Crippen molar-refractivity contribution in [2.75, 3.05) is 38.6 Å². The van der Waals surface area contributed by atoms with Gasteiger partial charge in [-0.25, -0.2) is 13.1 Å². The SMILES string of the molecule is C[NH+](C)CCNS(=O)(=O)c1cc2c3c(c1)CCC(=O)N3CCC2. The minimum absolute atomic E-state index is 0.154. The van der Waals surface area contributed by atoms with E-state index in [2.05, 4.69) is 4.72 Å². The maximum Gasteiger partial charge on any atom is 0.240 e. The standard InChI is InChI=1S/C16H23N3O3S/c1-18(2)9-7-17-23(21,22)14-10-12-4-3-8-19-15(20)6-5-13(11-14)16(12)19/h10-11,17H,3-9H2,1-2H3/p+1. The van der Waals surface area contributed by atoms with Crippen molar-refractivity contribution in [1.29, 1.82) is 0 Å². The van der Waals surface area contributed by atoms with Crippen molar-refractivity contribution in [3.63, 3.8) is 0 Å². The largest absolute Gasteiger partial charge is 0.339 e. The van der Waals surface area contributed by atoms with Crippen molar-refractivity contribution in [3.8, 4) is 0 Å². The van der Waals surface area contributed by atoms with Gasteiger partial charge < -0.3 is 9.80 Å². The normalized spacial score (nSPS) is 17.5. The zero-order valence-corrected chi connectivity index (χ0v) is 14.5. The zero-order chi connectivity index (χ0) is 16.6. The smallest absolute Gasteiger partial charge is 0.240 e. The second-order valence-electron chi connectivity index (χ2n) is 6.59. The summed E-state index contributed by atoms with van der Waals surface area (Å²) in [7, 11) is 0.482. The van der Waals surface area contributed by atoms with E-state index in [1.807, 2.05) is 19.0 Å². The molecular formula is C16H24N3O3S+. The number of quaternary nitrogens is 1. The lowest BCUT2D eigenvalue weighted by Crippen LogP contribution is -3.06. The number of sulfonamides is 1. The van der Waals surface area contributed by atoms with Gasteiger partial charge in [-0.1, -0.05) is 0 Å². The number of likely N-dealkylation sites (N-methyl/N-ethyl adjacent to an activating group) is 1. The van der Waals surface area contributed by atoms with E-state index >= 15 is 0 Å². The topological polar surface area (TPSA) is 70.9 Å². The van der Waals surface area contributed by atoms with Crippen LogP contribution in [0.3, 0.4) is 0 Å². The van der Waals surface area contributed by atoms with E-state index in [-0.39, 0.29) is 5.91 Å². The monoisotopic (exact) mass is 338 g/mol. The maximum absolute atomic E-state index is 12.5. The summed E-state index contributed by atoms with van der Waals surface area (Å²) in [5, 5.41) is 0. The van der Waals surface area contributed by atoms with Gasteiger partial charge in [0.05, 0.1) is 37.8 Å². The summed E-state index contributed by atoms with van der Waals surface area (Å²) in [6.45, 7) is 1.90. The molecule has 3 rings (SSSR count). The fourth-order valence-corrected chi connectivity index (χ4v) is 4.43. The molecule has 0 aliphatic carbocycles. The summed E-state index contributed by atoms with van der Waals surface area (Å²) in [5.74, 6) is 0.154. The van der Waals surface area contributed by atoms with E-state index in [4.69, 9.17) is 0 Å². The average molecular weight is 338 g/mol. The van der Waals surface area contributed by atoms with Gasteiger partial charge in [0, 0.05) is 13.0 Å². The molecule has 1 amide bonds. The molecule has 0 aromatic heterocycles. The van der Waals surface area contributed by atoms with Crippen molar-refractivity contribution in [3.05, 3.63) is 23.3 Å². The summed E-state index contributed by atoms with van der Waals surface area (Å²) in [6.07, 6.45) is 2.81. The summed E-state index contributed by atoms with van der Waals surface area (Å²) >= 11 is 0. The number of aryl methyl sites for hydroxylation is 2. The van der Waals surface area contributed by atoms with E-state index in [9.17, 15) is 13.2 Å². The van der Waals surface area contributed by atoms with Gasteiger partial charge in [-0.2, -0.15) is 0 Å². The third kappa shape index (κ3) is 3.27. The van der Waals surface area contributed by atoms with Crippen LogP contribution in [0, 0.1) is 0 Å². The first-order valence-corrected chi connectivity index (χ1v) is 9.61. The van der Waals surface area contributed by atoms with E-state index in [0.29, 0.717) is 24.3 Å². The summed E-state index contributed by atoms with van der Waals surface area (Å²) in [4.78, 5) is 15.4. The van der Waals surface area contributed by atoms with Crippen LogP contribution in [-0.2, 0) is 27.7 Å². The number of anilines is 1. The van der Waals surface area contributed by atoms with Crippen molar-refractivity contribution in [1.82, 2.24) is 4.72 Å². The predicted octanol–water partition coefficient (Wildman–Crippen LogP) is -0.665.